The van der Waals surface area contributed by atoms with Gasteiger partial charge in [-0.1, -0.05) is 37.6 Å². The van der Waals surface area contributed by atoms with E-state index in [0.717, 1.165) is 33.0 Å². The molecule has 0 heterocycles. The van der Waals surface area contributed by atoms with Crippen molar-refractivity contribution in [2.45, 2.75) is 39.7 Å². The lowest BCUT2D eigenvalue weighted by Gasteiger charge is -2.25. The Hall–Kier alpha value is -2.25. The Morgan fingerprint density at radius 1 is 1.17 bits per heavy atom. The van der Waals surface area contributed by atoms with Crippen molar-refractivity contribution in [3.63, 3.8) is 0 Å². The molecule has 0 spiro atoms. The first-order chi connectivity index (χ1) is 14.0. The second-order valence-electron chi connectivity index (χ2n) is 7.62. The Morgan fingerprint density at radius 2 is 1.80 bits per heavy atom. The molecule has 2 aromatic rings. The molecule has 1 amide bonds. The normalized spacial score (nSPS) is 12.5. The van der Waals surface area contributed by atoms with Crippen LogP contribution in [0.15, 0.2) is 36.4 Å². The predicted octanol–water partition coefficient (Wildman–Crippen LogP) is 4.42. The fraction of sp³-hybridized carbons (Fsp3) is 0.409. The van der Waals surface area contributed by atoms with Crippen molar-refractivity contribution in [3.05, 3.63) is 58.1 Å². The molecule has 0 radical (unpaired) electrons. The maximum atomic E-state index is 12.7. The highest BCUT2D eigenvalue weighted by Gasteiger charge is 2.24. The fourth-order valence-corrected chi connectivity index (χ4v) is 4.50. The highest BCUT2D eigenvalue weighted by molar-refractivity contribution is 7.92. The number of carbonyl (C=O) groups excluding carboxylic acids is 1. The van der Waals surface area contributed by atoms with Crippen LogP contribution in [-0.2, 0) is 14.8 Å². The van der Waals surface area contributed by atoms with E-state index in [1.54, 1.807) is 31.4 Å². The second-order valence-corrected chi connectivity index (χ2v) is 9.93. The maximum absolute atomic E-state index is 12.7. The topological polar surface area (TPSA) is 75.7 Å². The number of carbonyl (C=O) groups is 1. The summed E-state index contributed by atoms with van der Waals surface area (Å²) in [6.45, 7) is 7.62. The first kappa shape index (κ1) is 24.0. The van der Waals surface area contributed by atoms with Crippen molar-refractivity contribution in [3.8, 4) is 5.75 Å². The maximum Gasteiger partial charge on any atom is 0.241 e. The van der Waals surface area contributed by atoms with Crippen molar-refractivity contribution in [1.82, 2.24) is 5.32 Å². The molecule has 0 saturated carbocycles. The first-order valence-electron chi connectivity index (χ1n) is 9.65. The summed E-state index contributed by atoms with van der Waals surface area (Å²) < 4.78 is 31.1. The number of aryl methyl sites for hydroxylation is 1. The van der Waals surface area contributed by atoms with Crippen LogP contribution in [0.25, 0.3) is 0 Å². The molecule has 0 aliphatic rings. The van der Waals surface area contributed by atoms with E-state index in [2.05, 4.69) is 19.2 Å². The van der Waals surface area contributed by atoms with E-state index in [-0.39, 0.29) is 29.2 Å². The van der Waals surface area contributed by atoms with Gasteiger partial charge in [0.15, 0.2) is 0 Å². The average Bonchev–Trinajstić information content (AvgIpc) is 2.65. The summed E-state index contributed by atoms with van der Waals surface area (Å²) in [5.74, 6) is 0.643. The van der Waals surface area contributed by atoms with Crippen molar-refractivity contribution >= 4 is 33.2 Å². The van der Waals surface area contributed by atoms with Crippen LogP contribution in [0.5, 0.6) is 5.75 Å². The number of sulfonamides is 1. The van der Waals surface area contributed by atoms with Gasteiger partial charge in [0.2, 0.25) is 15.9 Å². The minimum Gasteiger partial charge on any atom is -0.496 e. The SMILES string of the molecule is COc1cc(C)c(C(C)NC(=O)CN(c2ccccc2Cl)S(C)(=O)=O)cc1C(C)C. The van der Waals surface area contributed by atoms with Crippen LogP contribution in [0.2, 0.25) is 5.02 Å². The zero-order valence-electron chi connectivity index (χ0n) is 18.2. The van der Waals surface area contributed by atoms with E-state index in [1.807, 2.05) is 26.0 Å². The number of halogens is 1. The Kier molecular flexibility index (Phi) is 7.77. The predicted molar refractivity (Wildman–Crippen MR) is 122 cm³/mol. The first-order valence-corrected chi connectivity index (χ1v) is 11.9. The van der Waals surface area contributed by atoms with E-state index in [0.29, 0.717) is 0 Å². The van der Waals surface area contributed by atoms with Crippen LogP contribution in [-0.4, -0.2) is 34.2 Å². The minimum atomic E-state index is -3.70. The molecule has 0 aromatic heterocycles. The minimum absolute atomic E-state index is 0.253. The summed E-state index contributed by atoms with van der Waals surface area (Å²) in [7, 11) is -2.06. The largest absolute Gasteiger partial charge is 0.496 e. The van der Waals surface area contributed by atoms with Crippen LogP contribution < -0.4 is 14.4 Å². The average molecular weight is 453 g/mol. The van der Waals surface area contributed by atoms with Crippen LogP contribution >= 0.6 is 11.6 Å². The Morgan fingerprint density at radius 3 is 2.33 bits per heavy atom. The van der Waals surface area contributed by atoms with Gasteiger partial charge < -0.3 is 10.1 Å². The molecule has 2 aromatic carbocycles. The summed E-state index contributed by atoms with van der Waals surface area (Å²) in [5, 5.41) is 3.16. The van der Waals surface area contributed by atoms with Crippen molar-refractivity contribution in [2.24, 2.45) is 0 Å². The lowest BCUT2D eigenvalue weighted by molar-refractivity contribution is -0.120. The summed E-state index contributed by atoms with van der Waals surface area (Å²) in [6.07, 6.45) is 1.05. The lowest BCUT2D eigenvalue weighted by Crippen LogP contribution is -2.41. The number of benzene rings is 2. The van der Waals surface area contributed by atoms with Gasteiger partial charge in [-0.15, -0.1) is 0 Å². The van der Waals surface area contributed by atoms with E-state index >= 15 is 0 Å². The van der Waals surface area contributed by atoms with Gasteiger partial charge in [0, 0.05) is 0 Å². The standard InChI is InChI=1S/C22H29ClN2O4S/c1-14(2)17-12-18(15(3)11-21(17)29-5)16(4)24-22(26)13-25(30(6,27)28)20-10-8-7-9-19(20)23/h7-12,14,16H,13H2,1-6H3,(H,24,26). The van der Waals surface area contributed by atoms with Gasteiger partial charge >= 0.3 is 0 Å². The molecule has 2 rings (SSSR count). The van der Waals surface area contributed by atoms with Crippen LogP contribution in [0, 0.1) is 6.92 Å². The second kappa shape index (κ2) is 9.71. The molecule has 0 saturated heterocycles. The number of ether oxygens (including phenoxy) is 1. The number of amides is 1. The third-order valence-electron chi connectivity index (χ3n) is 4.89. The summed E-state index contributed by atoms with van der Waals surface area (Å²) in [6, 6.07) is 10.2. The number of nitrogens with one attached hydrogen (secondary N) is 1. The van der Waals surface area contributed by atoms with Gasteiger partial charge in [-0.05, 0) is 60.7 Å². The highest BCUT2D eigenvalue weighted by Crippen LogP contribution is 2.32. The number of methoxy groups -OCH3 is 1. The van der Waals surface area contributed by atoms with E-state index in [1.165, 1.54) is 0 Å². The van der Waals surface area contributed by atoms with Crippen molar-refractivity contribution in [2.75, 3.05) is 24.2 Å². The summed E-state index contributed by atoms with van der Waals surface area (Å²) >= 11 is 6.16. The molecule has 6 nitrogen and oxygen atoms in total. The Balaban J connectivity index is 2.27. The van der Waals surface area contributed by atoms with Crippen LogP contribution in [0.4, 0.5) is 5.69 Å². The van der Waals surface area contributed by atoms with Gasteiger partial charge in [0.25, 0.3) is 0 Å². The third-order valence-corrected chi connectivity index (χ3v) is 6.34. The molecule has 30 heavy (non-hydrogen) atoms. The van der Waals surface area contributed by atoms with Gasteiger partial charge in [0.05, 0.1) is 30.1 Å². The fourth-order valence-electron chi connectivity index (χ4n) is 3.34. The van der Waals surface area contributed by atoms with E-state index < -0.39 is 15.9 Å². The van der Waals surface area contributed by atoms with Gasteiger partial charge in [0.1, 0.15) is 12.3 Å². The zero-order valence-corrected chi connectivity index (χ0v) is 19.8. The third kappa shape index (κ3) is 5.67. The molecular formula is C22H29ClN2O4S. The molecule has 0 bridgehead atoms. The summed E-state index contributed by atoms with van der Waals surface area (Å²) in [5.41, 5.74) is 3.26. The van der Waals surface area contributed by atoms with E-state index in [9.17, 15) is 13.2 Å². The molecule has 164 valence electrons. The number of anilines is 1. The van der Waals surface area contributed by atoms with Crippen LogP contribution in [0.3, 0.4) is 0 Å². The molecule has 1 N–H and O–H groups in total. The highest BCUT2D eigenvalue weighted by atomic mass is 35.5. The molecule has 0 aliphatic heterocycles. The quantitative estimate of drug-likeness (QED) is 0.643. The number of hydrogen-bond acceptors (Lipinski definition) is 4. The van der Waals surface area contributed by atoms with Crippen molar-refractivity contribution in [1.29, 1.82) is 0 Å². The summed E-state index contributed by atoms with van der Waals surface area (Å²) in [4.78, 5) is 12.7. The number of nitrogens with zero attached hydrogens (tertiary/aromatic N) is 1. The Labute approximate surface area is 184 Å². The zero-order chi connectivity index (χ0) is 22.6. The van der Waals surface area contributed by atoms with Gasteiger partial charge in [-0.3, -0.25) is 9.10 Å². The van der Waals surface area contributed by atoms with Gasteiger partial charge in [-0.2, -0.15) is 0 Å². The number of hydrogen-bond donors (Lipinski definition) is 1. The van der Waals surface area contributed by atoms with Crippen LogP contribution in [0.1, 0.15) is 49.4 Å². The van der Waals surface area contributed by atoms with Gasteiger partial charge in [-0.25, -0.2) is 8.42 Å². The Bertz CT molecular complexity index is 1020. The number of para-hydroxylation sites is 1. The molecule has 0 fully saturated rings. The monoisotopic (exact) mass is 452 g/mol. The van der Waals surface area contributed by atoms with E-state index in [4.69, 9.17) is 16.3 Å². The molecule has 8 heteroatoms. The molecule has 0 aliphatic carbocycles. The smallest absolute Gasteiger partial charge is 0.241 e. The number of rotatable bonds is 8. The molecular weight excluding hydrogens is 424 g/mol. The molecule has 1 atom stereocenters. The van der Waals surface area contributed by atoms with Crippen molar-refractivity contribution < 1.29 is 17.9 Å². The molecule has 1 unspecified atom stereocenters. The lowest BCUT2D eigenvalue weighted by atomic mass is 9.93.